The Kier molecular flexibility index (Phi) is 71.9. The van der Waals surface area contributed by atoms with Gasteiger partial charge in [-0.15, -0.1) is 0 Å². The van der Waals surface area contributed by atoms with E-state index in [0.29, 0.717) is 19.4 Å². The molecule has 0 spiro atoms. The number of carbonyl (C=O) groups excluding carboxylic acids is 2. The first-order valence-corrected chi connectivity index (χ1v) is 38.3. The van der Waals surface area contributed by atoms with Gasteiger partial charge in [0.15, 0.2) is 0 Å². The fourth-order valence-corrected chi connectivity index (χ4v) is 12.1. The van der Waals surface area contributed by atoms with E-state index in [1.165, 1.54) is 347 Å². The van der Waals surface area contributed by atoms with Crippen molar-refractivity contribution in [3.63, 3.8) is 0 Å². The molecule has 496 valence electrons. The second kappa shape index (κ2) is 73.5. The van der Waals surface area contributed by atoms with E-state index in [1.807, 2.05) is 6.08 Å². The molecular weight excluding hydrogens is 1030 g/mol. The molecule has 0 aliphatic carbocycles. The predicted molar refractivity (Wildman–Crippen MR) is 370 cm³/mol. The molecule has 0 saturated carbocycles. The molecule has 0 bridgehead atoms. The summed E-state index contributed by atoms with van der Waals surface area (Å²) >= 11 is 0. The van der Waals surface area contributed by atoms with E-state index in [0.717, 1.165) is 51.4 Å². The number of hydrogen-bond acceptors (Lipinski definition) is 5. The van der Waals surface area contributed by atoms with Gasteiger partial charge in [-0.05, 0) is 64.2 Å². The van der Waals surface area contributed by atoms with Gasteiger partial charge in [-0.2, -0.15) is 0 Å². The van der Waals surface area contributed by atoms with Gasteiger partial charge in [0.25, 0.3) is 0 Å². The van der Waals surface area contributed by atoms with Crippen molar-refractivity contribution in [1.29, 1.82) is 0 Å². The van der Waals surface area contributed by atoms with E-state index in [-0.39, 0.29) is 18.5 Å². The second-order valence-corrected chi connectivity index (χ2v) is 26.3. The number of allylic oxidation sites excluding steroid dienone is 5. The van der Waals surface area contributed by atoms with Crippen molar-refractivity contribution in [1.82, 2.24) is 5.32 Å². The number of aliphatic hydroxyl groups is 2. The van der Waals surface area contributed by atoms with E-state index < -0.39 is 12.1 Å². The number of amides is 1. The van der Waals surface area contributed by atoms with Crippen molar-refractivity contribution in [3.8, 4) is 0 Å². The Morgan fingerprint density at radius 2 is 0.595 bits per heavy atom. The fraction of sp³-hybridized carbons (Fsp3) is 0.897. The van der Waals surface area contributed by atoms with Gasteiger partial charge in [-0.1, -0.05) is 384 Å². The van der Waals surface area contributed by atoms with E-state index in [1.54, 1.807) is 6.08 Å². The molecule has 1 amide bonds. The number of esters is 1. The van der Waals surface area contributed by atoms with Crippen molar-refractivity contribution in [2.24, 2.45) is 0 Å². The van der Waals surface area contributed by atoms with Crippen LogP contribution in [0.25, 0.3) is 0 Å². The number of rotatable bonds is 72. The number of nitrogens with one attached hydrogen (secondary N) is 1. The van der Waals surface area contributed by atoms with Gasteiger partial charge in [-0.25, -0.2) is 0 Å². The number of unbranched alkanes of at least 4 members (excludes halogenated alkanes) is 57. The summed E-state index contributed by atoms with van der Waals surface area (Å²) in [7, 11) is 0. The van der Waals surface area contributed by atoms with Crippen molar-refractivity contribution < 1.29 is 24.5 Å². The maximum Gasteiger partial charge on any atom is 0.305 e. The largest absolute Gasteiger partial charge is 0.466 e. The van der Waals surface area contributed by atoms with Gasteiger partial charge in [0.1, 0.15) is 0 Å². The average Bonchev–Trinajstić information content (AvgIpc) is 3.54. The van der Waals surface area contributed by atoms with Crippen LogP contribution < -0.4 is 5.32 Å². The molecule has 6 heteroatoms. The zero-order chi connectivity index (χ0) is 60.6. The molecule has 3 N–H and O–H groups in total. The number of aliphatic hydroxyl groups excluding tert-OH is 2. The Hall–Kier alpha value is -1.92. The van der Waals surface area contributed by atoms with Crippen LogP contribution in [0.4, 0.5) is 0 Å². The first-order valence-electron chi connectivity index (χ1n) is 38.3. The minimum atomic E-state index is -0.839. The summed E-state index contributed by atoms with van der Waals surface area (Å²) in [4.78, 5) is 24.5. The minimum absolute atomic E-state index is 0.0102. The standard InChI is InChI=1S/C78H149NO5/c1-3-5-7-9-11-13-15-17-43-48-52-56-60-64-68-72-78(83)84-73-69-65-61-57-53-49-45-42-40-38-36-34-32-30-28-26-24-22-20-18-19-21-23-25-27-29-31-33-35-37-39-41-44-47-51-55-59-63-67-71-77(82)79-75(74-80)76(81)70-66-62-58-54-50-46-16-14-12-10-8-6-4-2/h11,13,17,43,66,70,75-76,80-81H,3-10,12,14-16,18-42,44-65,67-69,71-74H2,1-2H3,(H,79,82)/b13-11-,43-17-,70-66+. The minimum Gasteiger partial charge on any atom is -0.466 e. The highest BCUT2D eigenvalue weighted by atomic mass is 16.5. The average molecular weight is 1180 g/mol. The maximum atomic E-state index is 12.5. The molecule has 0 heterocycles. The Labute approximate surface area is 525 Å². The van der Waals surface area contributed by atoms with Crippen LogP contribution in [-0.2, 0) is 14.3 Å². The highest BCUT2D eigenvalue weighted by molar-refractivity contribution is 5.76. The van der Waals surface area contributed by atoms with Crippen molar-refractivity contribution >= 4 is 11.9 Å². The van der Waals surface area contributed by atoms with Crippen LogP contribution in [0.1, 0.15) is 425 Å². The smallest absolute Gasteiger partial charge is 0.305 e. The van der Waals surface area contributed by atoms with E-state index >= 15 is 0 Å². The molecule has 0 aliphatic heterocycles. The van der Waals surface area contributed by atoms with Gasteiger partial charge in [0.05, 0.1) is 25.4 Å². The number of ether oxygens (including phenoxy) is 1. The SMILES string of the molecule is CCCCC/C=C\C/C=C\CCCCCCCC(=O)OCCCCCCCCCCCCCCCCCCCCCCCCCCCCCCCCCCCCCCCCCC(=O)NC(CO)C(O)/C=C/CCCCCCCCCCCCC. The Morgan fingerprint density at radius 1 is 0.333 bits per heavy atom. The lowest BCUT2D eigenvalue weighted by Gasteiger charge is -2.20. The van der Waals surface area contributed by atoms with Crippen LogP contribution in [0.5, 0.6) is 0 Å². The quantitative estimate of drug-likeness (QED) is 0.0320. The summed E-state index contributed by atoms with van der Waals surface area (Å²) < 4.78 is 5.49. The first kappa shape index (κ1) is 82.1. The molecule has 0 fully saturated rings. The van der Waals surface area contributed by atoms with Crippen LogP contribution in [0.2, 0.25) is 0 Å². The summed E-state index contributed by atoms with van der Waals surface area (Å²) in [5, 5.41) is 23.1. The third-order valence-electron chi connectivity index (χ3n) is 17.9. The predicted octanol–water partition coefficient (Wildman–Crippen LogP) is 25.0. The molecule has 6 nitrogen and oxygen atoms in total. The van der Waals surface area contributed by atoms with Crippen molar-refractivity contribution in [2.45, 2.75) is 437 Å². The summed E-state index contributed by atoms with van der Waals surface area (Å²) in [6, 6.07) is -0.622. The monoisotopic (exact) mass is 1180 g/mol. The Balaban J connectivity index is 3.29. The molecule has 0 radical (unpaired) electrons. The van der Waals surface area contributed by atoms with E-state index in [9.17, 15) is 19.8 Å². The van der Waals surface area contributed by atoms with Crippen molar-refractivity contribution in [3.05, 3.63) is 36.5 Å². The summed E-state index contributed by atoms with van der Waals surface area (Å²) in [6.45, 7) is 4.90. The van der Waals surface area contributed by atoms with Gasteiger partial charge >= 0.3 is 5.97 Å². The summed E-state index contributed by atoms with van der Waals surface area (Å²) in [6.07, 6.45) is 95.6. The lowest BCUT2D eigenvalue weighted by atomic mass is 10.0. The van der Waals surface area contributed by atoms with Gasteiger partial charge < -0.3 is 20.3 Å². The van der Waals surface area contributed by atoms with Crippen LogP contribution >= 0.6 is 0 Å². The van der Waals surface area contributed by atoms with E-state index in [2.05, 4.69) is 43.5 Å². The van der Waals surface area contributed by atoms with E-state index in [4.69, 9.17) is 4.74 Å². The molecule has 0 aliphatic rings. The summed E-state index contributed by atoms with van der Waals surface area (Å²) in [5.74, 6) is -0.0500. The molecular formula is C78H149NO5. The Bertz CT molecular complexity index is 1360. The number of carbonyl (C=O) groups is 2. The first-order chi connectivity index (χ1) is 41.5. The van der Waals surface area contributed by atoms with Crippen molar-refractivity contribution in [2.75, 3.05) is 13.2 Å². The molecule has 0 rings (SSSR count). The van der Waals surface area contributed by atoms with Gasteiger partial charge in [0, 0.05) is 12.8 Å². The summed E-state index contributed by atoms with van der Waals surface area (Å²) in [5.41, 5.74) is 0. The molecule has 2 unspecified atom stereocenters. The van der Waals surface area contributed by atoms with Gasteiger partial charge in [0.2, 0.25) is 5.91 Å². The molecule has 0 aromatic rings. The van der Waals surface area contributed by atoms with Crippen LogP contribution in [0, 0.1) is 0 Å². The van der Waals surface area contributed by atoms with Crippen LogP contribution in [-0.4, -0.2) is 47.4 Å². The van der Waals surface area contributed by atoms with Crippen LogP contribution in [0.3, 0.4) is 0 Å². The molecule has 84 heavy (non-hydrogen) atoms. The molecule has 0 saturated heterocycles. The third kappa shape index (κ3) is 69.2. The lowest BCUT2D eigenvalue weighted by Crippen LogP contribution is -2.45. The molecule has 2 atom stereocenters. The molecule has 0 aromatic heterocycles. The molecule has 0 aromatic carbocycles. The normalized spacial score (nSPS) is 12.7. The van der Waals surface area contributed by atoms with Crippen LogP contribution in [0.15, 0.2) is 36.5 Å². The highest BCUT2D eigenvalue weighted by Crippen LogP contribution is 2.20. The lowest BCUT2D eigenvalue weighted by molar-refractivity contribution is -0.143. The maximum absolute atomic E-state index is 12.5. The third-order valence-corrected chi connectivity index (χ3v) is 17.9. The Morgan fingerprint density at radius 3 is 0.929 bits per heavy atom. The highest BCUT2D eigenvalue weighted by Gasteiger charge is 2.18. The number of hydrogen-bond donors (Lipinski definition) is 3. The van der Waals surface area contributed by atoms with Gasteiger partial charge in [-0.3, -0.25) is 9.59 Å². The topological polar surface area (TPSA) is 95.9 Å². The second-order valence-electron chi connectivity index (χ2n) is 26.3. The zero-order valence-electron chi connectivity index (χ0n) is 56.9. The zero-order valence-corrected chi connectivity index (χ0v) is 56.9. The fourth-order valence-electron chi connectivity index (χ4n) is 12.1.